The van der Waals surface area contributed by atoms with Gasteiger partial charge in [0.2, 0.25) is 0 Å². The van der Waals surface area contributed by atoms with Crippen molar-refractivity contribution in [3.63, 3.8) is 0 Å². The minimum atomic E-state index is 0.645. The fraction of sp³-hybridized carbons (Fsp3) is 0.786. The van der Waals surface area contributed by atoms with Gasteiger partial charge in [-0.1, -0.05) is 13.8 Å². The lowest BCUT2D eigenvalue weighted by molar-refractivity contribution is 0.207. The molecule has 0 radical (unpaired) electrons. The Balaban J connectivity index is 1.76. The quantitative estimate of drug-likeness (QED) is 0.865. The van der Waals surface area contributed by atoms with E-state index in [1.165, 1.54) is 6.42 Å². The van der Waals surface area contributed by atoms with Gasteiger partial charge in [0, 0.05) is 44.3 Å². The molecule has 2 heterocycles. The van der Waals surface area contributed by atoms with E-state index in [-0.39, 0.29) is 0 Å². The summed E-state index contributed by atoms with van der Waals surface area (Å²) < 4.78 is 0. The predicted molar refractivity (Wildman–Crippen MR) is 82.8 cm³/mol. The van der Waals surface area contributed by atoms with E-state index in [9.17, 15) is 0 Å². The van der Waals surface area contributed by atoms with E-state index in [0.29, 0.717) is 5.92 Å². The normalized spacial score (nSPS) is 19.1. The van der Waals surface area contributed by atoms with Crippen molar-refractivity contribution in [1.82, 2.24) is 9.88 Å². The molecule has 1 aliphatic rings. The molecule has 0 saturated carbocycles. The molecule has 5 heteroatoms. The van der Waals surface area contributed by atoms with Gasteiger partial charge in [-0.2, -0.15) is 0 Å². The van der Waals surface area contributed by atoms with E-state index in [1.807, 2.05) is 6.20 Å². The molecule has 0 spiro atoms. The molecule has 19 heavy (non-hydrogen) atoms. The summed E-state index contributed by atoms with van der Waals surface area (Å²) >= 11 is 1.73. The topological polar surface area (TPSA) is 45.4 Å². The smallest absolute Gasteiger partial charge is 0.185 e. The van der Waals surface area contributed by atoms with Crippen LogP contribution in [0.25, 0.3) is 0 Å². The SMILES string of the molecule is CC(C)CC(CN)CN1CCN(c2nccs2)CC1. The second-order valence-electron chi connectivity index (χ2n) is 5.83. The molecule has 0 aliphatic carbocycles. The molecule has 1 aromatic heterocycles. The first kappa shape index (κ1) is 14.8. The fourth-order valence-electron chi connectivity index (χ4n) is 2.77. The van der Waals surface area contributed by atoms with Crippen molar-refractivity contribution in [2.75, 3.05) is 44.2 Å². The van der Waals surface area contributed by atoms with Crippen LogP contribution in [0, 0.1) is 11.8 Å². The van der Waals surface area contributed by atoms with Gasteiger partial charge in [0.05, 0.1) is 0 Å². The van der Waals surface area contributed by atoms with E-state index in [1.54, 1.807) is 11.3 Å². The van der Waals surface area contributed by atoms with Crippen molar-refractivity contribution >= 4 is 16.5 Å². The van der Waals surface area contributed by atoms with Gasteiger partial charge in [-0.15, -0.1) is 11.3 Å². The number of anilines is 1. The maximum atomic E-state index is 5.90. The van der Waals surface area contributed by atoms with Crippen LogP contribution in [0.3, 0.4) is 0 Å². The van der Waals surface area contributed by atoms with Crippen LogP contribution in [-0.4, -0.2) is 49.2 Å². The van der Waals surface area contributed by atoms with Gasteiger partial charge in [-0.3, -0.25) is 4.90 Å². The molecule has 1 saturated heterocycles. The van der Waals surface area contributed by atoms with Gasteiger partial charge in [-0.05, 0) is 24.8 Å². The zero-order valence-electron chi connectivity index (χ0n) is 12.1. The molecule has 1 unspecified atom stereocenters. The molecular weight excluding hydrogens is 256 g/mol. The minimum Gasteiger partial charge on any atom is -0.346 e. The van der Waals surface area contributed by atoms with E-state index < -0.39 is 0 Å². The summed E-state index contributed by atoms with van der Waals surface area (Å²) in [5, 5.41) is 3.21. The molecule has 1 aliphatic heterocycles. The second-order valence-corrected chi connectivity index (χ2v) is 6.71. The molecule has 108 valence electrons. The lowest BCUT2D eigenvalue weighted by Crippen LogP contribution is -2.48. The van der Waals surface area contributed by atoms with E-state index in [0.717, 1.165) is 50.3 Å². The Hall–Kier alpha value is -0.650. The highest BCUT2D eigenvalue weighted by atomic mass is 32.1. The summed E-state index contributed by atoms with van der Waals surface area (Å²) in [7, 11) is 0. The third-order valence-electron chi connectivity index (χ3n) is 3.72. The number of hydrogen-bond acceptors (Lipinski definition) is 5. The van der Waals surface area contributed by atoms with Crippen molar-refractivity contribution in [3.8, 4) is 0 Å². The summed E-state index contributed by atoms with van der Waals surface area (Å²) in [4.78, 5) is 9.34. The summed E-state index contributed by atoms with van der Waals surface area (Å²) in [6, 6.07) is 0. The molecule has 0 bridgehead atoms. The largest absolute Gasteiger partial charge is 0.346 e. The van der Waals surface area contributed by atoms with Crippen LogP contribution in [0.15, 0.2) is 11.6 Å². The third-order valence-corrected chi connectivity index (χ3v) is 4.55. The Bertz CT molecular complexity index is 344. The summed E-state index contributed by atoms with van der Waals surface area (Å²) in [5.74, 6) is 1.39. The maximum absolute atomic E-state index is 5.90. The first-order valence-corrected chi connectivity index (χ1v) is 8.14. The molecule has 2 rings (SSSR count). The number of rotatable bonds is 6. The number of aromatic nitrogens is 1. The fourth-order valence-corrected chi connectivity index (χ4v) is 3.47. The van der Waals surface area contributed by atoms with Crippen molar-refractivity contribution < 1.29 is 0 Å². The average molecular weight is 282 g/mol. The van der Waals surface area contributed by atoms with Gasteiger partial charge in [0.1, 0.15) is 0 Å². The zero-order chi connectivity index (χ0) is 13.7. The monoisotopic (exact) mass is 282 g/mol. The van der Waals surface area contributed by atoms with Crippen LogP contribution < -0.4 is 10.6 Å². The Labute approximate surface area is 120 Å². The Morgan fingerprint density at radius 1 is 1.32 bits per heavy atom. The molecule has 1 aromatic rings. The number of hydrogen-bond donors (Lipinski definition) is 1. The second kappa shape index (κ2) is 7.22. The average Bonchev–Trinajstić information content (AvgIpc) is 2.92. The maximum Gasteiger partial charge on any atom is 0.185 e. The zero-order valence-corrected chi connectivity index (χ0v) is 12.9. The lowest BCUT2D eigenvalue weighted by Gasteiger charge is -2.36. The number of nitrogens with two attached hydrogens (primary N) is 1. The molecular formula is C14H26N4S. The first-order valence-electron chi connectivity index (χ1n) is 7.26. The first-order chi connectivity index (χ1) is 9.19. The number of nitrogens with zero attached hydrogens (tertiary/aromatic N) is 3. The third kappa shape index (κ3) is 4.44. The van der Waals surface area contributed by atoms with E-state index >= 15 is 0 Å². The van der Waals surface area contributed by atoms with E-state index in [2.05, 4.69) is 34.0 Å². The number of thiazole rings is 1. The molecule has 1 fully saturated rings. The van der Waals surface area contributed by atoms with Gasteiger partial charge in [0.15, 0.2) is 5.13 Å². The van der Waals surface area contributed by atoms with Crippen LogP contribution >= 0.6 is 11.3 Å². The standard InChI is InChI=1S/C14H26N4S/c1-12(2)9-13(10-15)11-17-4-6-18(7-5-17)14-16-3-8-19-14/h3,8,12-13H,4-7,9-11,15H2,1-2H3. The molecule has 0 aromatic carbocycles. The van der Waals surface area contributed by atoms with Crippen LogP contribution in [0.2, 0.25) is 0 Å². The van der Waals surface area contributed by atoms with Gasteiger partial charge >= 0.3 is 0 Å². The molecule has 1 atom stereocenters. The van der Waals surface area contributed by atoms with Gasteiger partial charge in [-0.25, -0.2) is 4.98 Å². The highest BCUT2D eigenvalue weighted by molar-refractivity contribution is 7.13. The summed E-state index contributed by atoms with van der Waals surface area (Å²) in [6.07, 6.45) is 3.13. The van der Waals surface area contributed by atoms with Crippen LogP contribution in [-0.2, 0) is 0 Å². The van der Waals surface area contributed by atoms with Crippen LogP contribution in [0.1, 0.15) is 20.3 Å². The van der Waals surface area contributed by atoms with Crippen LogP contribution in [0.4, 0.5) is 5.13 Å². The predicted octanol–water partition coefficient (Wildman–Crippen LogP) is 1.89. The highest BCUT2D eigenvalue weighted by Gasteiger charge is 2.21. The van der Waals surface area contributed by atoms with Crippen LogP contribution in [0.5, 0.6) is 0 Å². The number of piperazine rings is 1. The molecule has 0 amide bonds. The Morgan fingerprint density at radius 2 is 2.05 bits per heavy atom. The van der Waals surface area contributed by atoms with Crippen molar-refractivity contribution in [1.29, 1.82) is 0 Å². The van der Waals surface area contributed by atoms with E-state index in [4.69, 9.17) is 5.73 Å². The Kier molecular flexibility index (Phi) is 5.60. The molecule has 2 N–H and O–H groups in total. The van der Waals surface area contributed by atoms with Gasteiger partial charge in [0.25, 0.3) is 0 Å². The summed E-state index contributed by atoms with van der Waals surface area (Å²) in [6.45, 7) is 11.0. The molecule has 4 nitrogen and oxygen atoms in total. The highest BCUT2D eigenvalue weighted by Crippen LogP contribution is 2.20. The minimum absolute atomic E-state index is 0.645. The van der Waals surface area contributed by atoms with Crippen molar-refractivity contribution in [2.24, 2.45) is 17.6 Å². The van der Waals surface area contributed by atoms with Gasteiger partial charge < -0.3 is 10.6 Å². The Morgan fingerprint density at radius 3 is 2.58 bits per heavy atom. The van der Waals surface area contributed by atoms with Crippen molar-refractivity contribution in [3.05, 3.63) is 11.6 Å². The summed E-state index contributed by atoms with van der Waals surface area (Å²) in [5.41, 5.74) is 5.90. The lowest BCUT2D eigenvalue weighted by atomic mass is 9.96. The van der Waals surface area contributed by atoms with Crippen molar-refractivity contribution in [2.45, 2.75) is 20.3 Å².